The maximum Gasteiger partial charge on any atom is 0.266 e. The second kappa shape index (κ2) is 19.5. The highest BCUT2D eigenvalue weighted by Crippen LogP contribution is 2.36. The van der Waals surface area contributed by atoms with E-state index in [4.69, 9.17) is 9.47 Å². The first-order valence-corrected chi connectivity index (χ1v) is 23.4. The number of hydrogen-bond acceptors (Lipinski definition) is 14. The maximum absolute atomic E-state index is 13.4. The van der Waals surface area contributed by atoms with Gasteiger partial charge in [0.15, 0.2) is 23.6 Å². The highest BCUT2D eigenvalue weighted by atomic mass is 16.5. The van der Waals surface area contributed by atoms with E-state index in [1.807, 2.05) is 36.7 Å². The van der Waals surface area contributed by atoms with Crippen LogP contribution < -0.4 is 25.6 Å². The van der Waals surface area contributed by atoms with Crippen LogP contribution in [0.15, 0.2) is 85.5 Å². The number of imidazole rings is 1. The van der Waals surface area contributed by atoms with E-state index in [0.717, 1.165) is 73.1 Å². The Morgan fingerprint density at radius 1 is 0.809 bits per heavy atom. The number of benzene rings is 3. The first-order chi connectivity index (χ1) is 33.1. The number of anilines is 3. The molecule has 3 N–H and O–H groups in total. The lowest BCUT2D eigenvalue weighted by atomic mass is 9.86. The van der Waals surface area contributed by atoms with Gasteiger partial charge >= 0.3 is 0 Å². The Labute approximate surface area is 392 Å². The van der Waals surface area contributed by atoms with Gasteiger partial charge in [0.1, 0.15) is 18.1 Å². The van der Waals surface area contributed by atoms with Crippen LogP contribution in [0.2, 0.25) is 0 Å². The third-order valence-electron chi connectivity index (χ3n) is 13.6. The van der Waals surface area contributed by atoms with Gasteiger partial charge in [0.05, 0.1) is 36.6 Å². The SMILES string of the molecule is O=C1CC[C@H](N2C(=O)c3cccc(OCC(=O)N4CCC(OCCN5CCN(c6ccc(Nc7ncnc8c7ncn8C7CC(NC(=O)Cc8ccccc8)C7)cc6)CC5)CC4)c3C2=O)C(=O)N1. The van der Waals surface area contributed by atoms with Crippen molar-refractivity contribution in [3.63, 3.8) is 0 Å². The molecular formula is C49H53N11O8. The number of imide groups is 2. The quantitative estimate of drug-likeness (QED) is 0.129. The van der Waals surface area contributed by atoms with Crippen molar-refractivity contribution in [2.24, 2.45) is 0 Å². The third kappa shape index (κ3) is 9.48. The zero-order valence-electron chi connectivity index (χ0n) is 37.5. The van der Waals surface area contributed by atoms with Crippen molar-refractivity contribution in [2.45, 2.75) is 69.2 Å². The number of carbonyl (C=O) groups excluding carboxylic acids is 6. The Morgan fingerprint density at radius 3 is 2.35 bits per heavy atom. The lowest BCUT2D eigenvalue weighted by Crippen LogP contribution is -2.54. The zero-order chi connectivity index (χ0) is 46.7. The molecule has 1 aliphatic carbocycles. The molecule has 1 saturated carbocycles. The highest BCUT2D eigenvalue weighted by molar-refractivity contribution is 6.24. The second-order valence-corrected chi connectivity index (χ2v) is 18.0. The summed E-state index contributed by atoms with van der Waals surface area (Å²) in [4.78, 5) is 97.5. The average molecular weight is 924 g/mol. The summed E-state index contributed by atoms with van der Waals surface area (Å²) in [5.74, 6) is -1.91. The van der Waals surface area contributed by atoms with Crippen LogP contribution >= 0.6 is 0 Å². The molecule has 352 valence electrons. The number of nitrogens with zero attached hydrogens (tertiary/aromatic N) is 8. The van der Waals surface area contributed by atoms with Crippen LogP contribution in [0.4, 0.5) is 17.2 Å². The van der Waals surface area contributed by atoms with E-state index in [-0.39, 0.29) is 66.3 Å². The van der Waals surface area contributed by atoms with Crippen LogP contribution in [0, 0.1) is 0 Å². The number of rotatable bonds is 15. The minimum absolute atomic E-state index is 0.0150. The van der Waals surface area contributed by atoms with Gasteiger partial charge in [0, 0.05) is 75.7 Å². The molecule has 68 heavy (non-hydrogen) atoms. The predicted molar refractivity (Wildman–Crippen MR) is 248 cm³/mol. The monoisotopic (exact) mass is 923 g/mol. The molecule has 3 aromatic carbocycles. The Morgan fingerprint density at radius 2 is 1.59 bits per heavy atom. The van der Waals surface area contributed by atoms with Crippen molar-refractivity contribution in [1.29, 1.82) is 0 Å². The Hall–Kier alpha value is -7.25. The molecule has 4 fully saturated rings. The lowest BCUT2D eigenvalue weighted by Gasteiger charge is -2.36. The second-order valence-electron chi connectivity index (χ2n) is 18.0. The molecule has 0 bridgehead atoms. The molecule has 2 aromatic heterocycles. The fourth-order valence-electron chi connectivity index (χ4n) is 9.78. The number of aromatic nitrogens is 4. The van der Waals surface area contributed by atoms with Gasteiger partial charge in [0.2, 0.25) is 17.7 Å². The molecule has 0 spiro atoms. The maximum atomic E-state index is 13.4. The van der Waals surface area contributed by atoms with Crippen molar-refractivity contribution in [2.75, 3.05) is 69.2 Å². The van der Waals surface area contributed by atoms with Gasteiger partial charge in [-0.2, -0.15) is 0 Å². The number of carbonyl (C=O) groups is 6. The van der Waals surface area contributed by atoms with Crippen LogP contribution in [0.25, 0.3) is 11.2 Å². The summed E-state index contributed by atoms with van der Waals surface area (Å²) in [6, 6.07) is 22.0. The van der Waals surface area contributed by atoms with Gasteiger partial charge < -0.3 is 34.5 Å². The number of hydrogen-bond donors (Lipinski definition) is 3. The Balaban J connectivity index is 0.624. The van der Waals surface area contributed by atoms with Gasteiger partial charge in [-0.15, -0.1) is 0 Å². The average Bonchev–Trinajstić information content (AvgIpc) is 3.88. The first-order valence-electron chi connectivity index (χ1n) is 23.4. The number of amides is 6. The molecule has 5 aromatic rings. The van der Waals surface area contributed by atoms with Crippen LogP contribution in [-0.2, 0) is 30.3 Å². The summed E-state index contributed by atoms with van der Waals surface area (Å²) in [6.45, 7) is 5.77. The number of piperazine rings is 1. The standard InChI is InChI=1S/C49H53N11O8/c61-40-14-13-38(47(64)55-40)60-48(65)37-7-4-8-39(43(37)49(60)66)68-28-42(63)58-17-15-36(16-18-58)67-24-23-56-19-21-57(22-20-56)34-11-9-32(10-12-34)54-45-44-46(51-29-50-45)59(30-52-44)35-26-33(27-35)53-41(62)25-31-5-2-1-3-6-31/h1-12,29-30,33,35-36,38H,13-28H2,(H,53,62)(H,50,51,54)(H,55,61,64)/t33?,35?,38-/m0/s1. The van der Waals surface area contributed by atoms with Crippen molar-refractivity contribution in [1.82, 2.24) is 44.9 Å². The minimum Gasteiger partial charge on any atom is -0.483 e. The summed E-state index contributed by atoms with van der Waals surface area (Å²) in [6.07, 6.45) is 6.91. The molecule has 0 unspecified atom stereocenters. The van der Waals surface area contributed by atoms with E-state index < -0.39 is 29.7 Å². The molecule has 0 radical (unpaired) electrons. The van der Waals surface area contributed by atoms with E-state index in [0.29, 0.717) is 50.3 Å². The molecule has 10 rings (SSSR count). The first kappa shape index (κ1) is 44.6. The highest BCUT2D eigenvalue weighted by Gasteiger charge is 2.46. The van der Waals surface area contributed by atoms with E-state index >= 15 is 0 Å². The molecule has 19 nitrogen and oxygen atoms in total. The molecule has 19 heteroatoms. The lowest BCUT2D eigenvalue weighted by molar-refractivity contribution is -0.137. The summed E-state index contributed by atoms with van der Waals surface area (Å²) in [7, 11) is 0. The van der Waals surface area contributed by atoms with Gasteiger partial charge in [-0.25, -0.2) is 15.0 Å². The number of fused-ring (bicyclic) bond motifs is 2. The normalized spacial score (nSPS) is 21.1. The van der Waals surface area contributed by atoms with Gasteiger partial charge in [0.25, 0.3) is 17.7 Å². The smallest absolute Gasteiger partial charge is 0.266 e. The Bertz CT molecular complexity index is 2710. The molecule has 6 amide bonds. The van der Waals surface area contributed by atoms with Crippen LogP contribution in [-0.4, -0.2) is 147 Å². The van der Waals surface area contributed by atoms with Crippen molar-refractivity contribution < 1.29 is 38.2 Å². The van der Waals surface area contributed by atoms with Crippen LogP contribution in [0.3, 0.4) is 0 Å². The Kier molecular flexibility index (Phi) is 12.8. The number of nitrogens with one attached hydrogen (secondary N) is 3. The van der Waals surface area contributed by atoms with Crippen molar-refractivity contribution in [3.05, 3.63) is 102 Å². The third-order valence-corrected chi connectivity index (χ3v) is 13.6. The molecule has 5 aliphatic rings. The van der Waals surface area contributed by atoms with E-state index in [9.17, 15) is 28.8 Å². The number of piperidine rings is 2. The fraction of sp³-hybridized carbons (Fsp3) is 0.408. The minimum atomic E-state index is -1.09. The predicted octanol–water partition coefficient (Wildman–Crippen LogP) is 3.24. The molecule has 4 aliphatic heterocycles. The van der Waals surface area contributed by atoms with E-state index in [1.54, 1.807) is 17.3 Å². The van der Waals surface area contributed by atoms with Crippen molar-refractivity contribution >= 4 is 63.8 Å². The van der Waals surface area contributed by atoms with Gasteiger partial charge in [-0.1, -0.05) is 36.4 Å². The topological polar surface area (TPSA) is 214 Å². The van der Waals surface area contributed by atoms with Crippen LogP contribution in [0.1, 0.15) is 70.8 Å². The van der Waals surface area contributed by atoms with Crippen molar-refractivity contribution in [3.8, 4) is 5.75 Å². The van der Waals surface area contributed by atoms with Gasteiger partial charge in [-0.3, -0.25) is 43.9 Å². The zero-order valence-corrected chi connectivity index (χ0v) is 37.5. The number of likely N-dealkylation sites (tertiary alicyclic amines) is 1. The van der Waals surface area contributed by atoms with E-state index in [2.05, 4.69) is 69.5 Å². The number of ether oxygens (including phenoxy) is 2. The summed E-state index contributed by atoms with van der Waals surface area (Å²) in [5, 5.41) is 8.78. The van der Waals surface area contributed by atoms with Crippen LogP contribution in [0.5, 0.6) is 5.75 Å². The summed E-state index contributed by atoms with van der Waals surface area (Å²) >= 11 is 0. The molecule has 6 heterocycles. The largest absolute Gasteiger partial charge is 0.483 e. The molecule has 1 atom stereocenters. The summed E-state index contributed by atoms with van der Waals surface area (Å²) < 4.78 is 14.2. The van der Waals surface area contributed by atoms with Gasteiger partial charge in [-0.05, 0) is 74.1 Å². The molecular weight excluding hydrogens is 871 g/mol. The fourth-order valence-corrected chi connectivity index (χ4v) is 9.78. The summed E-state index contributed by atoms with van der Waals surface area (Å²) in [5.41, 5.74) is 4.63. The molecule has 3 saturated heterocycles. The van der Waals surface area contributed by atoms with E-state index in [1.165, 1.54) is 12.1 Å².